The van der Waals surface area contributed by atoms with E-state index in [0.29, 0.717) is 68.3 Å². The zero-order valence-corrected chi connectivity index (χ0v) is 31.9. The van der Waals surface area contributed by atoms with Gasteiger partial charge in [0.05, 0.1) is 42.9 Å². The van der Waals surface area contributed by atoms with E-state index in [1.54, 1.807) is 52.0 Å². The number of benzene rings is 2. The molecule has 5 aromatic rings. The number of aromatic nitrogens is 4. The molecule has 0 saturated heterocycles. The Kier molecular flexibility index (Phi) is 10.00. The van der Waals surface area contributed by atoms with Gasteiger partial charge in [-0.2, -0.15) is 10.2 Å². The lowest BCUT2D eigenvalue weighted by Crippen LogP contribution is -2.31. The van der Waals surface area contributed by atoms with Gasteiger partial charge in [0.1, 0.15) is 0 Å². The van der Waals surface area contributed by atoms with Crippen molar-refractivity contribution in [2.45, 2.75) is 50.2 Å². The van der Waals surface area contributed by atoms with Crippen LogP contribution in [0.5, 0.6) is 0 Å². The van der Waals surface area contributed by atoms with Crippen molar-refractivity contribution in [1.82, 2.24) is 30.2 Å². The number of allylic oxidation sites excluding steroid dienone is 1. The molecule has 0 radical (unpaired) electrons. The molecule has 2 aliphatic carbocycles. The highest BCUT2D eigenvalue weighted by Crippen LogP contribution is 2.50. The van der Waals surface area contributed by atoms with Crippen molar-refractivity contribution in [3.05, 3.63) is 113 Å². The quantitative estimate of drug-likeness (QED) is 0.153. The summed E-state index contributed by atoms with van der Waals surface area (Å²) < 4.78 is 3.62. The Hall–Kier alpha value is -3.25. The average molecular weight is 799 g/mol. The third-order valence-corrected chi connectivity index (χ3v) is 12.9. The van der Waals surface area contributed by atoms with Gasteiger partial charge in [-0.25, -0.2) is 9.36 Å². The first-order chi connectivity index (χ1) is 24.8. The normalized spacial score (nSPS) is 17.6. The van der Waals surface area contributed by atoms with Crippen molar-refractivity contribution in [3.8, 4) is 21.9 Å². The number of carbonyl (C=O) groups is 2. The first-order valence-electron chi connectivity index (χ1n) is 16.9. The molecule has 0 fully saturated rings. The van der Waals surface area contributed by atoms with Crippen LogP contribution in [0.15, 0.2) is 59.3 Å². The maximum Gasteiger partial charge on any atom is 0.272 e. The smallest absolute Gasteiger partial charge is 0.272 e. The van der Waals surface area contributed by atoms with Crippen molar-refractivity contribution in [1.29, 1.82) is 0 Å². The Balaban J connectivity index is 0.984. The van der Waals surface area contributed by atoms with Crippen molar-refractivity contribution in [2.75, 3.05) is 13.1 Å². The first kappa shape index (κ1) is 34.8. The largest absolute Gasteiger partial charge is 0.351 e. The lowest BCUT2D eigenvalue weighted by molar-refractivity contribution is 0.0945. The molecule has 0 saturated carbocycles. The summed E-state index contributed by atoms with van der Waals surface area (Å²) in [7, 11) is 0. The third kappa shape index (κ3) is 6.64. The number of halogens is 4. The van der Waals surface area contributed by atoms with Gasteiger partial charge in [0.15, 0.2) is 11.4 Å². The van der Waals surface area contributed by atoms with E-state index in [1.807, 2.05) is 16.8 Å². The van der Waals surface area contributed by atoms with Crippen LogP contribution in [0.3, 0.4) is 0 Å². The number of hydrogen-bond acceptors (Lipinski definition) is 6. The molecule has 3 aliphatic rings. The maximum atomic E-state index is 13.7. The highest BCUT2D eigenvalue weighted by molar-refractivity contribution is 8.02. The van der Waals surface area contributed by atoms with Crippen LogP contribution in [0.2, 0.25) is 20.1 Å². The summed E-state index contributed by atoms with van der Waals surface area (Å²) in [6, 6.07) is 12.8. The van der Waals surface area contributed by atoms with Gasteiger partial charge in [0.25, 0.3) is 11.8 Å². The zero-order valence-electron chi connectivity index (χ0n) is 27.2. The van der Waals surface area contributed by atoms with Gasteiger partial charge < -0.3 is 10.6 Å². The Morgan fingerprint density at radius 1 is 0.804 bits per heavy atom. The van der Waals surface area contributed by atoms with E-state index in [-0.39, 0.29) is 17.1 Å². The molecule has 2 N–H and O–H groups in total. The fourth-order valence-corrected chi connectivity index (χ4v) is 10.5. The van der Waals surface area contributed by atoms with Gasteiger partial charge in [0.2, 0.25) is 0 Å². The molecule has 51 heavy (non-hydrogen) atoms. The maximum absolute atomic E-state index is 13.7. The van der Waals surface area contributed by atoms with Gasteiger partial charge in [-0.15, -0.1) is 23.1 Å². The number of nitrogens with zero attached hydrogens (tertiary/aromatic N) is 4. The molecule has 262 valence electrons. The molecule has 2 atom stereocenters. The van der Waals surface area contributed by atoms with Crippen LogP contribution >= 0.6 is 69.5 Å². The first-order valence-corrected chi connectivity index (χ1v) is 20.2. The molecule has 2 unspecified atom stereocenters. The van der Waals surface area contributed by atoms with Crippen LogP contribution in [0.1, 0.15) is 74.3 Å². The van der Waals surface area contributed by atoms with Crippen LogP contribution < -0.4 is 10.6 Å². The topological polar surface area (TPSA) is 93.8 Å². The van der Waals surface area contributed by atoms with E-state index in [2.05, 4.69) is 33.6 Å². The lowest BCUT2D eigenvalue weighted by atomic mass is 10.00. The second-order valence-corrected chi connectivity index (χ2v) is 16.5. The highest BCUT2D eigenvalue weighted by atomic mass is 35.5. The second-order valence-electron chi connectivity index (χ2n) is 12.8. The fourth-order valence-electron chi connectivity index (χ4n) is 7.27. The number of nitrogens with one attached hydrogen (secondary N) is 2. The number of thiophene rings is 1. The number of fused-ring (bicyclic) bond motifs is 6. The Morgan fingerprint density at radius 3 is 2.16 bits per heavy atom. The molecule has 2 amide bonds. The SMILES string of the molecule is O=C(NCCCNC(=O)c1nn(-c2ccc(Cl)cc2Cl)c2c1CCCC1C=CSC21)c1nn(-c2ccc(Cl)cc2Cl)c2c1CCCc1ccsc1-2. The summed E-state index contributed by atoms with van der Waals surface area (Å²) in [5, 5.41) is 22.1. The number of thioether (sulfide) groups is 1. The zero-order chi connectivity index (χ0) is 35.2. The summed E-state index contributed by atoms with van der Waals surface area (Å²) in [5.41, 5.74) is 7.17. The molecule has 4 heterocycles. The van der Waals surface area contributed by atoms with Crippen LogP contribution in [0.25, 0.3) is 21.9 Å². The number of rotatable bonds is 8. The summed E-state index contributed by atoms with van der Waals surface area (Å²) >= 11 is 29.1. The van der Waals surface area contributed by atoms with Crippen molar-refractivity contribution >= 4 is 81.3 Å². The minimum Gasteiger partial charge on any atom is -0.351 e. The molecule has 14 heteroatoms. The molecule has 0 bridgehead atoms. The number of carbonyl (C=O) groups excluding carboxylic acids is 2. The Bertz CT molecular complexity index is 2210. The summed E-state index contributed by atoms with van der Waals surface area (Å²) in [5.74, 6) is -0.136. The Morgan fingerprint density at radius 2 is 1.45 bits per heavy atom. The van der Waals surface area contributed by atoms with Crippen molar-refractivity contribution in [2.24, 2.45) is 5.92 Å². The third-order valence-electron chi connectivity index (χ3n) is 9.65. The van der Waals surface area contributed by atoms with E-state index in [1.165, 1.54) is 5.56 Å². The van der Waals surface area contributed by atoms with Gasteiger partial charge in [0, 0.05) is 34.3 Å². The van der Waals surface area contributed by atoms with Crippen LogP contribution in [0.4, 0.5) is 0 Å². The highest BCUT2D eigenvalue weighted by Gasteiger charge is 2.37. The monoisotopic (exact) mass is 796 g/mol. The predicted octanol–water partition coefficient (Wildman–Crippen LogP) is 9.69. The molecule has 8 rings (SSSR count). The molecular weight excluding hydrogens is 766 g/mol. The fraction of sp³-hybridized carbons (Fsp3) is 0.297. The van der Waals surface area contributed by atoms with Crippen LogP contribution in [0, 0.1) is 5.92 Å². The Labute approximate surface area is 323 Å². The van der Waals surface area contributed by atoms with E-state index < -0.39 is 0 Å². The summed E-state index contributed by atoms with van der Waals surface area (Å²) in [6.07, 6.45) is 8.09. The minimum absolute atomic E-state index is 0.152. The number of aryl methyl sites for hydroxylation is 1. The van der Waals surface area contributed by atoms with Gasteiger partial charge in [-0.05, 0) is 110 Å². The summed E-state index contributed by atoms with van der Waals surface area (Å²) in [6.45, 7) is 0.710. The van der Waals surface area contributed by atoms with E-state index >= 15 is 0 Å². The average Bonchev–Trinajstić information content (AvgIpc) is 3.87. The molecular formula is C37H32Cl4N6O2S2. The number of hydrogen-bond donors (Lipinski definition) is 2. The van der Waals surface area contributed by atoms with Gasteiger partial charge in [-0.3, -0.25) is 9.59 Å². The van der Waals surface area contributed by atoms with Crippen molar-refractivity contribution in [3.63, 3.8) is 0 Å². The number of amides is 2. The van der Waals surface area contributed by atoms with E-state index in [9.17, 15) is 9.59 Å². The molecule has 8 nitrogen and oxygen atoms in total. The molecule has 2 aromatic carbocycles. The lowest BCUT2D eigenvalue weighted by Gasteiger charge is -2.19. The standard InChI is InChI=1S/C37H32Cl4N6O2S2/c38-22-8-10-28(26(40)18-22)46-32-24(6-1-4-20-12-16-50-34(20)32)30(44-46)36(48)42-14-3-15-43-37(49)31-25-7-2-5-21-13-17-51-35(21)33(25)47(45-31)29-11-9-23(39)19-27(29)41/h8-13,16-20,34H,1-7,14-15H2,(H,42,48)(H,43,49). The minimum atomic E-state index is -0.262. The van der Waals surface area contributed by atoms with Crippen molar-refractivity contribution < 1.29 is 9.59 Å². The van der Waals surface area contributed by atoms with E-state index in [0.717, 1.165) is 65.9 Å². The molecule has 0 spiro atoms. The molecule has 3 aromatic heterocycles. The second kappa shape index (κ2) is 14.6. The van der Waals surface area contributed by atoms with Crippen LogP contribution in [-0.4, -0.2) is 44.5 Å². The van der Waals surface area contributed by atoms with Gasteiger partial charge >= 0.3 is 0 Å². The van der Waals surface area contributed by atoms with E-state index in [4.69, 9.17) is 56.6 Å². The van der Waals surface area contributed by atoms with Crippen LogP contribution in [-0.2, 0) is 19.3 Å². The molecule has 1 aliphatic heterocycles. The predicted molar refractivity (Wildman–Crippen MR) is 208 cm³/mol. The van der Waals surface area contributed by atoms with Gasteiger partial charge in [-0.1, -0.05) is 52.5 Å². The summed E-state index contributed by atoms with van der Waals surface area (Å²) in [4.78, 5) is 28.5.